The zero-order valence-corrected chi connectivity index (χ0v) is 15.1. The Balaban J connectivity index is 1.66. The van der Waals surface area contributed by atoms with Crippen molar-refractivity contribution in [1.29, 1.82) is 0 Å². The van der Waals surface area contributed by atoms with Crippen molar-refractivity contribution in [2.75, 3.05) is 18.5 Å². The molecule has 0 atom stereocenters. The smallest absolute Gasteiger partial charge is 0.227 e. The first kappa shape index (κ1) is 17.4. The summed E-state index contributed by atoms with van der Waals surface area (Å²) in [5.41, 5.74) is 5.24. The van der Waals surface area contributed by atoms with Gasteiger partial charge >= 0.3 is 0 Å². The second-order valence-electron chi connectivity index (χ2n) is 6.41. The molecular formula is C22H22N4O. The molecule has 1 aliphatic heterocycles. The molecule has 0 saturated carbocycles. The van der Waals surface area contributed by atoms with Crippen LogP contribution in [0.5, 0.6) is 0 Å². The van der Waals surface area contributed by atoms with Gasteiger partial charge in [-0.1, -0.05) is 42.5 Å². The van der Waals surface area contributed by atoms with Gasteiger partial charge in [0.25, 0.3) is 0 Å². The predicted octanol–water partition coefficient (Wildman–Crippen LogP) is 4.06. The molecule has 0 amide bonds. The molecule has 0 spiro atoms. The fraction of sp³-hybridized carbons (Fsp3) is 0.182. The van der Waals surface area contributed by atoms with Gasteiger partial charge in [0.15, 0.2) is 0 Å². The van der Waals surface area contributed by atoms with E-state index < -0.39 is 0 Å². The van der Waals surface area contributed by atoms with Gasteiger partial charge in [-0.25, -0.2) is 9.97 Å². The van der Waals surface area contributed by atoms with E-state index in [2.05, 4.69) is 63.1 Å². The van der Waals surface area contributed by atoms with E-state index in [1.165, 1.54) is 5.56 Å². The molecule has 5 heteroatoms. The van der Waals surface area contributed by atoms with Crippen molar-refractivity contribution in [3.05, 3.63) is 84.1 Å². The van der Waals surface area contributed by atoms with Gasteiger partial charge in [0.1, 0.15) is 0 Å². The molecule has 0 aliphatic carbocycles. The summed E-state index contributed by atoms with van der Waals surface area (Å²) in [4.78, 5) is 9.03. The minimum Gasteiger partial charge on any atom is -0.373 e. The van der Waals surface area contributed by atoms with Gasteiger partial charge in [0, 0.05) is 30.5 Å². The summed E-state index contributed by atoms with van der Waals surface area (Å²) in [5, 5.41) is 6.71. The molecule has 5 nitrogen and oxygen atoms in total. The molecular weight excluding hydrogens is 336 g/mol. The first-order valence-corrected chi connectivity index (χ1v) is 9.09. The lowest BCUT2D eigenvalue weighted by Gasteiger charge is -2.10. The number of nitrogens with one attached hydrogen (secondary N) is 2. The lowest BCUT2D eigenvalue weighted by atomic mass is 10.1. The molecule has 27 heavy (non-hydrogen) atoms. The molecule has 4 rings (SSSR count). The molecule has 3 aromatic rings. The van der Waals surface area contributed by atoms with E-state index in [0.717, 1.165) is 35.6 Å². The van der Waals surface area contributed by atoms with E-state index in [0.29, 0.717) is 19.2 Å². The maximum absolute atomic E-state index is 5.75. The van der Waals surface area contributed by atoms with Gasteiger partial charge < -0.3 is 15.4 Å². The molecule has 2 heterocycles. The zero-order valence-electron chi connectivity index (χ0n) is 15.1. The average Bonchev–Trinajstić information content (AvgIpc) is 2.70. The molecule has 1 aromatic heterocycles. The third-order valence-corrected chi connectivity index (χ3v) is 4.30. The van der Waals surface area contributed by atoms with Gasteiger partial charge in [-0.05, 0) is 35.4 Å². The Kier molecular flexibility index (Phi) is 5.53. The van der Waals surface area contributed by atoms with E-state index in [1.54, 1.807) is 6.20 Å². The van der Waals surface area contributed by atoms with Crippen molar-refractivity contribution >= 4 is 11.6 Å². The van der Waals surface area contributed by atoms with Crippen LogP contribution in [0.1, 0.15) is 11.1 Å². The SMILES string of the molecule is C1=C/COCc2cccc(c2)-c2ccnc(n2)Nc2cccc(c2)CNC/1. The van der Waals surface area contributed by atoms with Crippen LogP contribution in [-0.4, -0.2) is 23.1 Å². The highest BCUT2D eigenvalue weighted by atomic mass is 16.5. The van der Waals surface area contributed by atoms with Gasteiger partial charge in [0.05, 0.1) is 18.9 Å². The Morgan fingerprint density at radius 1 is 0.926 bits per heavy atom. The lowest BCUT2D eigenvalue weighted by Crippen LogP contribution is -2.13. The highest BCUT2D eigenvalue weighted by Crippen LogP contribution is 2.21. The van der Waals surface area contributed by atoms with Crippen LogP contribution in [0, 0.1) is 0 Å². The first-order chi connectivity index (χ1) is 13.4. The maximum atomic E-state index is 5.75. The fourth-order valence-corrected chi connectivity index (χ4v) is 2.98. The third-order valence-electron chi connectivity index (χ3n) is 4.30. The van der Waals surface area contributed by atoms with Crippen molar-refractivity contribution < 1.29 is 4.74 Å². The van der Waals surface area contributed by atoms with Crippen LogP contribution in [0.4, 0.5) is 11.6 Å². The average molecular weight is 358 g/mol. The molecule has 1 aliphatic rings. The van der Waals surface area contributed by atoms with Crippen LogP contribution in [0.2, 0.25) is 0 Å². The Morgan fingerprint density at radius 2 is 1.85 bits per heavy atom. The molecule has 0 saturated heterocycles. The molecule has 0 unspecified atom stereocenters. The van der Waals surface area contributed by atoms with Crippen LogP contribution in [0.25, 0.3) is 11.3 Å². The van der Waals surface area contributed by atoms with E-state index in [-0.39, 0.29) is 0 Å². The summed E-state index contributed by atoms with van der Waals surface area (Å²) in [6, 6.07) is 18.5. The van der Waals surface area contributed by atoms with Gasteiger partial charge in [-0.15, -0.1) is 0 Å². The van der Waals surface area contributed by atoms with Gasteiger partial charge in [-0.2, -0.15) is 0 Å². The number of benzene rings is 2. The van der Waals surface area contributed by atoms with Gasteiger partial charge in [-0.3, -0.25) is 0 Å². The largest absolute Gasteiger partial charge is 0.373 e. The number of hydrogen-bond donors (Lipinski definition) is 2. The number of hydrogen-bond acceptors (Lipinski definition) is 5. The second kappa shape index (κ2) is 8.58. The Morgan fingerprint density at radius 3 is 2.85 bits per heavy atom. The highest BCUT2D eigenvalue weighted by Gasteiger charge is 2.05. The molecule has 6 bridgehead atoms. The Labute approximate surface area is 159 Å². The molecule has 0 fully saturated rings. The lowest BCUT2D eigenvalue weighted by molar-refractivity contribution is 0.148. The minimum absolute atomic E-state index is 0.576. The number of anilines is 2. The van der Waals surface area contributed by atoms with Crippen molar-refractivity contribution in [3.8, 4) is 11.3 Å². The molecule has 2 aromatic carbocycles. The number of ether oxygens (including phenoxy) is 1. The van der Waals surface area contributed by atoms with Crippen molar-refractivity contribution in [1.82, 2.24) is 15.3 Å². The Hall–Kier alpha value is -3.02. The Bertz CT molecular complexity index is 939. The summed E-state index contributed by atoms with van der Waals surface area (Å²) in [6.45, 7) is 2.78. The van der Waals surface area contributed by atoms with Crippen LogP contribution in [0.3, 0.4) is 0 Å². The van der Waals surface area contributed by atoms with E-state index >= 15 is 0 Å². The number of nitrogens with zero attached hydrogens (tertiary/aromatic N) is 2. The molecule has 2 N–H and O–H groups in total. The van der Waals surface area contributed by atoms with Crippen LogP contribution in [-0.2, 0) is 17.9 Å². The van der Waals surface area contributed by atoms with Crippen LogP contribution < -0.4 is 10.6 Å². The summed E-state index contributed by atoms with van der Waals surface area (Å²) >= 11 is 0. The standard InChI is InChI=1S/C22H22N4O/c1-2-12-27-16-18-6-3-7-19(13-18)21-9-11-24-22(26-21)25-20-8-4-5-17(14-20)15-23-10-1/h1-9,11,13-14,23H,10,12,15-16H2,(H,24,25,26)/b2-1+. The third kappa shape index (κ3) is 4.78. The minimum atomic E-state index is 0.576. The normalized spacial score (nSPS) is 15.9. The fourth-order valence-electron chi connectivity index (χ4n) is 2.98. The number of fused-ring (bicyclic) bond motifs is 7. The van der Waals surface area contributed by atoms with Crippen molar-refractivity contribution in [2.45, 2.75) is 13.2 Å². The number of aromatic nitrogens is 2. The van der Waals surface area contributed by atoms with Crippen molar-refractivity contribution in [2.24, 2.45) is 0 Å². The summed E-state index contributed by atoms with van der Waals surface area (Å²) in [7, 11) is 0. The van der Waals surface area contributed by atoms with E-state index in [4.69, 9.17) is 4.74 Å². The zero-order chi connectivity index (χ0) is 18.3. The number of rotatable bonds is 0. The van der Waals surface area contributed by atoms with Crippen LogP contribution >= 0.6 is 0 Å². The molecule has 136 valence electrons. The summed E-state index contributed by atoms with van der Waals surface area (Å²) in [6.07, 6.45) is 5.93. The highest BCUT2D eigenvalue weighted by molar-refractivity contribution is 5.62. The van der Waals surface area contributed by atoms with E-state index in [1.807, 2.05) is 24.3 Å². The first-order valence-electron chi connectivity index (χ1n) is 9.09. The van der Waals surface area contributed by atoms with Crippen LogP contribution in [0.15, 0.2) is 72.9 Å². The molecule has 0 radical (unpaired) electrons. The van der Waals surface area contributed by atoms with Crippen molar-refractivity contribution in [3.63, 3.8) is 0 Å². The summed E-state index contributed by atoms with van der Waals surface area (Å²) < 4.78 is 5.75. The van der Waals surface area contributed by atoms with Gasteiger partial charge in [0.2, 0.25) is 5.95 Å². The monoisotopic (exact) mass is 358 g/mol. The summed E-state index contributed by atoms with van der Waals surface area (Å²) in [5.74, 6) is 0.586. The quantitative estimate of drug-likeness (QED) is 0.594. The van der Waals surface area contributed by atoms with E-state index in [9.17, 15) is 0 Å². The second-order valence-corrected chi connectivity index (χ2v) is 6.41. The topological polar surface area (TPSA) is 59.1 Å². The maximum Gasteiger partial charge on any atom is 0.227 e. The predicted molar refractivity (Wildman–Crippen MR) is 108 cm³/mol.